The predicted octanol–water partition coefficient (Wildman–Crippen LogP) is 4.74. The molecule has 0 spiro atoms. The van der Waals surface area contributed by atoms with Crippen LogP contribution in [0.2, 0.25) is 5.02 Å². The van der Waals surface area contributed by atoms with Crippen molar-refractivity contribution in [1.82, 2.24) is 10.5 Å². The molecule has 2 amide bonds. The molecular weight excluding hydrogens is 439 g/mol. The Hall–Kier alpha value is -3.53. The van der Waals surface area contributed by atoms with Gasteiger partial charge < -0.3 is 14.6 Å². The summed E-state index contributed by atoms with van der Waals surface area (Å²) in [5.74, 6) is -0.672. The van der Waals surface area contributed by atoms with Crippen LogP contribution in [0.25, 0.3) is 11.3 Å². The highest BCUT2D eigenvalue weighted by atomic mass is 35.5. The standard InChI is InChI=1S/C20H13ClF3N3O4/c21-12-6-7-14-13(8-12)19(20(22,23)24,30-18(29)26-14)10-25-17(28)15-9-16(31-27-15)11-4-2-1-3-5-11/h1-9H,10H2,(H,25,28)(H,26,29). The Morgan fingerprint density at radius 2 is 1.90 bits per heavy atom. The maximum Gasteiger partial charge on any atom is 0.434 e. The Kier molecular flexibility index (Phi) is 5.10. The lowest BCUT2D eigenvalue weighted by molar-refractivity contribution is -0.261. The molecule has 1 aliphatic rings. The van der Waals surface area contributed by atoms with E-state index in [0.29, 0.717) is 5.56 Å². The van der Waals surface area contributed by atoms with E-state index in [0.717, 1.165) is 6.07 Å². The Morgan fingerprint density at radius 3 is 2.61 bits per heavy atom. The van der Waals surface area contributed by atoms with Gasteiger partial charge >= 0.3 is 12.3 Å². The van der Waals surface area contributed by atoms with E-state index in [-0.39, 0.29) is 22.2 Å². The molecule has 0 radical (unpaired) electrons. The van der Waals surface area contributed by atoms with Crippen LogP contribution >= 0.6 is 11.6 Å². The molecule has 7 nitrogen and oxygen atoms in total. The summed E-state index contributed by atoms with van der Waals surface area (Å²) in [6.07, 6.45) is -6.37. The van der Waals surface area contributed by atoms with Gasteiger partial charge in [-0.05, 0) is 18.2 Å². The van der Waals surface area contributed by atoms with Crippen molar-refractivity contribution in [3.8, 4) is 11.3 Å². The van der Waals surface area contributed by atoms with Gasteiger partial charge in [0.15, 0.2) is 11.5 Å². The van der Waals surface area contributed by atoms with Gasteiger partial charge in [0.2, 0.25) is 0 Å². The molecule has 4 rings (SSSR count). The zero-order valence-electron chi connectivity index (χ0n) is 15.5. The van der Waals surface area contributed by atoms with Crippen molar-refractivity contribution < 1.29 is 32.0 Å². The lowest BCUT2D eigenvalue weighted by Crippen LogP contribution is -2.56. The Morgan fingerprint density at radius 1 is 1.16 bits per heavy atom. The monoisotopic (exact) mass is 451 g/mol. The molecule has 160 valence electrons. The average molecular weight is 452 g/mol. The molecule has 2 aromatic carbocycles. The summed E-state index contributed by atoms with van der Waals surface area (Å²) >= 11 is 5.86. The number of benzene rings is 2. The molecule has 0 saturated carbocycles. The summed E-state index contributed by atoms with van der Waals surface area (Å²) in [5.41, 5.74) is -3.30. The second-order valence-corrected chi connectivity index (χ2v) is 7.09. The average Bonchev–Trinajstić information content (AvgIpc) is 3.22. The molecule has 1 aromatic heterocycles. The van der Waals surface area contributed by atoms with Gasteiger partial charge in [-0.3, -0.25) is 10.1 Å². The number of alkyl halides is 3. The van der Waals surface area contributed by atoms with Gasteiger partial charge in [0.1, 0.15) is 0 Å². The minimum absolute atomic E-state index is 0.00227. The molecule has 2 N–H and O–H groups in total. The summed E-state index contributed by atoms with van der Waals surface area (Å²) in [5, 5.41) is 7.93. The number of carbonyl (C=O) groups is 2. The van der Waals surface area contributed by atoms with Crippen molar-refractivity contribution in [3.63, 3.8) is 0 Å². The SMILES string of the molecule is O=C1Nc2ccc(Cl)cc2C(CNC(=O)c2cc(-c3ccccc3)on2)(C(F)(F)F)O1. The van der Waals surface area contributed by atoms with Crippen molar-refractivity contribution in [2.24, 2.45) is 0 Å². The molecule has 3 aromatic rings. The summed E-state index contributed by atoms with van der Waals surface area (Å²) < 4.78 is 52.2. The first kappa shape index (κ1) is 20.7. The number of amides is 2. The van der Waals surface area contributed by atoms with Crippen molar-refractivity contribution in [2.75, 3.05) is 11.9 Å². The molecule has 0 aliphatic carbocycles. The van der Waals surface area contributed by atoms with Crippen LogP contribution in [0.3, 0.4) is 0 Å². The van der Waals surface area contributed by atoms with Gasteiger partial charge in [0.05, 0.1) is 12.2 Å². The second kappa shape index (κ2) is 7.62. The highest BCUT2D eigenvalue weighted by Crippen LogP contribution is 2.47. The molecule has 31 heavy (non-hydrogen) atoms. The molecule has 1 atom stereocenters. The fourth-order valence-corrected chi connectivity index (χ4v) is 3.34. The quantitative estimate of drug-likeness (QED) is 0.597. The van der Waals surface area contributed by atoms with E-state index in [1.807, 2.05) is 0 Å². The van der Waals surface area contributed by atoms with Gasteiger partial charge in [-0.2, -0.15) is 13.2 Å². The highest BCUT2D eigenvalue weighted by molar-refractivity contribution is 6.30. The van der Waals surface area contributed by atoms with Crippen LogP contribution in [-0.4, -0.2) is 29.9 Å². The Bertz CT molecular complexity index is 1150. The lowest BCUT2D eigenvalue weighted by atomic mass is 9.89. The van der Waals surface area contributed by atoms with Crippen LogP contribution in [-0.2, 0) is 10.3 Å². The largest absolute Gasteiger partial charge is 0.434 e. The Labute approximate surface area is 178 Å². The summed E-state index contributed by atoms with van der Waals surface area (Å²) in [4.78, 5) is 24.3. The number of carbonyl (C=O) groups excluding carboxylic acids is 2. The van der Waals surface area contributed by atoms with Crippen molar-refractivity contribution >= 4 is 29.3 Å². The number of ether oxygens (including phenoxy) is 1. The van der Waals surface area contributed by atoms with E-state index in [9.17, 15) is 22.8 Å². The second-order valence-electron chi connectivity index (χ2n) is 6.65. The van der Waals surface area contributed by atoms with E-state index >= 15 is 0 Å². The maximum atomic E-state index is 14.1. The van der Waals surface area contributed by atoms with E-state index < -0.39 is 35.9 Å². The number of nitrogens with zero attached hydrogens (tertiary/aromatic N) is 1. The zero-order chi connectivity index (χ0) is 22.2. The number of aromatic nitrogens is 1. The van der Waals surface area contributed by atoms with Crippen LogP contribution in [0.5, 0.6) is 0 Å². The third-order valence-electron chi connectivity index (χ3n) is 4.68. The molecule has 11 heteroatoms. The zero-order valence-corrected chi connectivity index (χ0v) is 16.3. The molecule has 1 aliphatic heterocycles. The van der Waals surface area contributed by atoms with Crippen molar-refractivity contribution in [2.45, 2.75) is 11.8 Å². The first-order valence-corrected chi connectivity index (χ1v) is 9.24. The van der Waals surface area contributed by atoms with Crippen LogP contribution in [0.4, 0.5) is 23.7 Å². The van der Waals surface area contributed by atoms with E-state index in [2.05, 4.69) is 20.5 Å². The van der Waals surface area contributed by atoms with Crippen LogP contribution in [0.1, 0.15) is 16.1 Å². The van der Waals surface area contributed by atoms with Crippen LogP contribution in [0, 0.1) is 0 Å². The fourth-order valence-electron chi connectivity index (χ4n) is 3.17. The number of fused-ring (bicyclic) bond motifs is 1. The van der Waals surface area contributed by atoms with Gasteiger partial charge in [-0.15, -0.1) is 0 Å². The number of hydrogen-bond donors (Lipinski definition) is 2. The van der Waals surface area contributed by atoms with Crippen molar-refractivity contribution in [1.29, 1.82) is 0 Å². The minimum atomic E-state index is -5.06. The molecular formula is C20H13ClF3N3O4. The minimum Gasteiger partial charge on any atom is -0.426 e. The molecule has 2 heterocycles. The Balaban J connectivity index is 1.63. The number of anilines is 1. The van der Waals surface area contributed by atoms with E-state index in [4.69, 9.17) is 16.1 Å². The van der Waals surface area contributed by atoms with Crippen LogP contribution in [0.15, 0.2) is 59.1 Å². The van der Waals surface area contributed by atoms with Crippen LogP contribution < -0.4 is 10.6 Å². The molecule has 0 fully saturated rings. The van der Waals surface area contributed by atoms with Gasteiger partial charge in [-0.1, -0.05) is 47.1 Å². The summed E-state index contributed by atoms with van der Waals surface area (Å²) in [7, 11) is 0. The normalized spacial score (nSPS) is 18.0. The third-order valence-corrected chi connectivity index (χ3v) is 4.91. The van der Waals surface area contributed by atoms with Gasteiger partial charge in [0, 0.05) is 22.2 Å². The summed E-state index contributed by atoms with van der Waals surface area (Å²) in [6.45, 7) is -1.09. The smallest absolute Gasteiger partial charge is 0.426 e. The van der Waals surface area contributed by atoms with Crippen molar-refractivity contribution in [3.05, 3.63) is 70.9 Å². The molecule has 0 bridgehead atoms. The predicted molar refractivity (Wildman–Crippen MR) is 104 cm³/mol. The highest BCUT2D eigenvalue weighted by Gasteiger charge is 2.62. The van der Waals surface area contributed by atoms with E-state index in [1.54, 1.807) is 30.3 Å². The number of cyclic esters (lactones) is 1. The first-order valence-electron chi connectivity index (χ1n) is 8.87. The number of halogens is 4. The number of hydrogen-bond acceptors (Lipinski definition) is 5. The lowest BCUT2D eigenvalue weighted by Gasteiger charge is -2.39. The van der Waals surface area contributed by atoms with E-state index in [1.165, 1.54) is 18.2 Å². The van der Waals surface area contributed by atoms with Gasteiger partial charge in [0.25, 0.3) is 11.5 Å². The topological polar surface area (TPSA) is 93.5 Å². The number of nitrogens with one attached hydrogen (secondary N) is 2. The van der Waals surface area contributed by atoms with Gasteiger partial charge in [-0.25, -0.2) is 4.79 Å². The maximum absolute atomic E-state index is 14.1. The fraction of sp³-hybridized carbons (Fsp3) is 0.150. The number of rotatable bonds is 4. The first-order chi connectivity index (χ1) is 14.7. The third kappa shape index (κ3) is 3.81. The molecule has 0 saturated heterocycles. The molecule has 1 unspecified atom stereocenters. The summed E-state index contributed by atoms with van der Waals surface area (Å²) in [6, 6.07) is 13.6.